The summed E-state index contributed by atoms with van der Waals surface area (Å²) in [5.41, 5.74) is 1.22. The van der Waals surface area contributed by atoms with Gasteiger partial charge in [0.1, 0.15) is 6.04 Å². The molecule has 3 amide bonds. The molecule has 1 aliphatic carbocycles. The quantitative estimate of drug-likeness (QED) is 0.477. The normalized spacial score (nSPS) is 20.4. The molecular weight excluding hydrogens is 452 g/mol. The van der Waals surface area contributed by atoms with Crippen LogP contribution in [-0.4, -0.2) is 66.3 Å². The van der Waals surface area contributed by atoms with Crippen molar-refractivity contribution in [1.82, 2.24) is 20.4 Å². The van der Waals surface area contributed by atoms with Gasteiger partial charge in [-0.25, -0.2) is 0 Å². The Labute approximate surface area is 217 Å². The molecule has 2 aliphatic rings. The number of nitrogens with one attached hydrogen (secondary N) is 2. The Hall–Kier alpha value is -2.93. The van der Waals surface area contributed by atoms with Gasteiger partial charge in [-0.3, -0.25) is 19.3 Å². The van der Waals surface area contributed by atoms with Crippen LogP contribution in [0.4, 0.5) is 0 Å². The molecule has 0 saturated carbocycles. The minimum absolute atomic E-state index is 0.0702. The third-order valence-corrected chi connectivity index (χ3v) is 6.81. The summed E-state index contributed by atoms with van der Waals surface area (Å²) in [5, 5.41) is 5.96. The van der Waals surface area contributed by atoms with Crippen molar-refractivity contribution in [1.29, 1.82) is 0 Å². The molecule has 0 spiro atoms. The summed E-state index contributed by atoms with van der Waals surface area (Å²) in [6.45, 7) is 10.6. The number of piperidine rings is 1. The van der Waals surface area contributed by atoms with Crippen molar-refractivity contribution >= 4 is 17.7 Å². The van der Waals surface area contributed by atoms with Crippen molar-refractivity contribution < 1.29 is 14.4 Å². The molecular formula is C29H44N4O3. The number of amides is 3. The Morgan fingerprint density at radius 1 is 1.03 bits per heavy atom. The van der Waals surface area contributed by atoms with Gasteiger partial charge in [-0.2, -0.15) is 0 Å². The summed E-state index contributed by atoms with van der Waals surface area (Å²) >= 11 is 0. The molecule has 36 heavy (non-hydrogen) atoms. The summed E-state index contributed by atoms with van der Waals surface area (Å²) in [6.07, 6.45) is 17.9. The van der Waals surface area contributed by atoms with Gasteiger partial charge in [0.2, 0.25) is 11.8 Å². The number of rotatable bonds is 9. The van der Waals surface area contributed by atoms with Crippen LogP contribution in [0.3, 0.4) is 0 Å². The van der Waals surface area contributed by atoms with Gasteiger partial charge in [-0.15, -0.1) is 0 Å². The van der Waals surface area contributed by atoms with E-state index in [-0.39, 0.29) is 41.6 Å². The third kappa shape index (κ3) is 8.33. The summed E-state index contributed by atoms with van der Waals surface area (Å²) in [5.74, 6) is -0.455. The maximum Gasteiger partial charge on any atom is 0.251 e. The highest BCUT2D eigenvalue weighted by Crippen LogP contribution is 2.19. The van der Waals surface area contributed by atoms with Crippen LogP contribution in [0.15, 0.2) is 59.9 Å². The molecule has 3 atom stereocenters. The highest BCUT2D eigenvalue weighted by molar-refractivity contribution is 5.94. The van der Waals surface area contributed by atoms with E-state index in [0.29, 0.717) is 11.3 Å². The maximum atomic E-state index is 13.6. The Kier molecular flexibility index (Phi) is 11.4. The molecule has 1 aliphatic heterocycles. The predicted octanol–water partition coefficient (Wildman–Crippen LogP) is 3.72. The molecule has 7 heteroatoms. The maximum absolute atomic E-state index is 13.6. The molecule has 7 nitrogen and oxygen atoms in total. The fourth-order valence-corrected chi connectivity index (χ4v) is 4.50. The molecule has 2 N–H and O–H groups in total. The van der Waals surface area contributed by atoms with Crippen LogP contribution in [0.2, 0.25) is 0 Å². The number of carbonyl (C=O) groups is 3. The van der Waals surface area contributed by atoms with Crippen molar-refractivity contribution in [3.05, 3.63) is 59.9 Å². The molecule has 0 radical (unpaired) electrons. The van der Waals surface area contributed by atoms with E-state index in [0.717, 1.165) is 25.8 Å². The van der Waals surface area contributed by atoms with Crippen LogP contribution in [0, 0.1) is 11.8 Å². The summed E-state index contributed by atoms with van der Waals surface area (Å²) < 4.78 is 0. The Morgan fingerprint density at radius 3 is 2.33 bits per heavy atom. The second kappa shape index (κ2) is 14.0. The highest BCUT2D eigenvalue weighted by Gasteiger charge is 2.34. The van der Waals surface area contributed by atoms with E-state index in [1.807, 2.05) is 83.4 Å². The summed E-state index contributed by atoms with van der Waals surface area (Å²) in [4.78, 5) is 43.3. The van der Waals surface area contributed by atoms with E-state index in [9.17, 15) is 14.4 Å². The zero-order chi connectivity index (χ0) is 26.8. The largest absolute Gasteiger partial charge is 0.343 e. The summed E-state index contributed by atoms with van der Waals surface area (Å²) in [7, 11) is 3.71. The van der Waals surface area contributed by atoms with Gasteiger partial charge in [0, 0.05) is 18.3 Å². The van der Waals surface area contributed by atoms with Crippen LogP contribution in [-0.2, 0) is 14.4 Å². The standard InChI is InChI=1S/C29H44N4O3/c1-20(2)25(19-22(5)27(34)30-23-15-11-9-8-10-12-16-23)33(7)29(36)26(21(3)4)31-28(35)24-17-13-14-18-32(24)6/h8-12,15-16,19-21,24-26H,13-14,17-18H2,1-7H3,(H,30,34)(H,31,35)/b9-8?,10-8?,11-9?,12-10?,15-11?,16-12?,22-19+,23-15?,23-16?. The van der Waals surface area contributed by atoms with Gasteiger partial charge < -0.3 is 15.5 Å². The molecule has 0 bridgehead atoms. The molecule has 0 aromatic carbocycles. The SMILES string of the molecule is C/C(=C\C(C(C)C)N(C)C(=O)C(NC(=O)C1CCCCN1C)C(C)C)C(=O)NC1=CC=CC=CC=C1. The molecule has 3 unspecified atom stereocenters. The van der Waals surface area contributed by atoms with Crippen LogP contribution in [0.25, 0.3) is 0 Å². The Morgan fingerprint density at radius 2 is 1.69 bits per heavy atom. The van der Waals surface area contributed by atoms with Crippen LogP contribution in [0.1, 0.15) is 53.9 Å². The van der Waals surface area contributed by atoms with Crippen molar-refractivity contribution in [2.45, 2.75) is 72.0 Å². The van der Waals surface area contributed by atoms with Gasteiger partial charge in [-0.05, 0) is 57.3 Å². The molecule has 198 valence electrons. The van der Waals surface area contributed by atoms with Crippen LogP contribution in [0.5, 0.6) is 0 Å². The van der Waals surface area contributed by atoms with Crippen molar-refractivity contribution in [3.8, 4) is 0 Å². The minimum atomic E-state index is -0.633. The first-order valence-electron chi connectivity index (χ1n) is 13.0. The zero-order valence-corrected chi connectivity index (χ0v) is 23.0. The lowest BCUT2D eigenvalue weighted by atomic mass is 9.96. The number of likely N-dealkylation sites (N-methyl/N-ethyl adjacent to an activating group) is 2. The fraction of sp³-hybridized carbons (Fsp3) is 0.552. The number of carbonyl (C=O) groups excluding carboxylic acids is 3. The second-order valence-electron chi connectivity index (χ2n) is 10.5. The van der Waals surface area contributed by atoms with Crippen LogP contribution >= 0.6 is 0 Å². The number of likely N-dealkylation sites (tertiary alicyclic amines) is 1. The first-order valence-corrected chi connectivity index (χ1v) is 13.0. The first-order chi connectivity index (χ1) is 17.0. The third-order valence-electron chi connectivity index (χ3n) is 6.81. The molecule has 0 aromatic rings. The van der Waals surface area contributed by atoms with Gasteiger partial charge in [0.15, 0.2) is 0 Å². The molecule has 0 aromatic heterocycles. The highest BCUT2D eigenvalue weighted by atomic mass is 16.2. The van der Waals surface area contributed by atoms with Crippen molar-refractivity contribution in [2.75, 3.05) is 20.6 Å². The fourth-order valence-electron chi connectivity index (χ4n) is 4.50. The average Bonchev–Trinajstić information content (AvgIpc) is 2.81. The monoisotopic (exact) mass is 496 g/mol. The topological polar surface area (TPSA) is 81.8 Å². The van der Waals surface area contributed by atoms with Crippen molar-refractivity contribution in [2.24, 2.45) is 11.8 Å². The van der Waals surface area contributed by atoms with Crippen molar-refractivity contribution in [3.63, 3.8) is 0 Å². The lowest BCUT2D eigenvalue weighted by Crippen LogP contribution is -2.57. The number of hydrogen-bond donors (Lipinski definition) is 2. The van der Waals surface area contributed by atoms with E-state index in [1.54, 1.807) is 18.9 Å². The Bertz CT molecular complexity index is 942. The number of nitrogens with zero attached hydrogens (tertiary/aromatic N) is 2. The van der Waals surface area contributed by atoms with Gasteiger partial charge in [0.25, 0.3) is 5.91 Å². The lowest BCUT2D eigenvalue weighted by molar-refractivity contribution is -0.139. The predicted molar refractivity (Wildman–Crippen MR) is 146 cm³/mol. The Balaban J connectivity index is 2.15. The number of hydrogen-bond acceptors (Lipinski definition) is 4. The first kappa shape index (κ1) is 29.3. The molecule has 1 heterocycles. The van der Waals surface area contributed by atoms with E-state index in [4.69, 9.17) is 0 Å². The van der Waals surface area contributed by atoms with E-state index in [1.165, 1.54) is 0 Å². The van der Waals surface area contributed by atoms with E-state index < -0.39 is 6.04 Å². The number of allylic oxidation sites excluding steroid dienone is 7. The smallest absolute Gasteiger partial charge is 0.251 e. The molecule has 2 rings (SSSR count). The van der Waals surface area contributed by atoms with E-state index >= 15 is 0 Å². The molecule has 1 saturated heterocycles. The second-order valence-corrected chi connectivity index (χ2v) is 10.5. The average molecular weight is 497 g/mol. The van der Waals surface area contributed by atoms with E-state index in [2.05, 4.69) is 15.5 Å². The molecule has 1 fully saturated rings. The van der Waals surface area contributed by atoms with Crippen LogP contribution < -0.4 is 10.6 Å². The van der Waals surface area contributed by atoms with Gasteiger partial charge in [0.05, 0.1) is 12.1 Å². The minimum Gasteiger partial charge on any atom is -0.343 e. The lowest BCUT2D eigenvalue weighted by Gasteiger charge is -2.36. The zero-order valence-electron chi connectivity index (χ0n) is 23.0. The summed E-state index contributed by atoms with van der Waals surface area (Å²) in [6, 6.07) is -1.14. The van der Waals surface area contributed by atoms with Gasteiger partial charge in [-0.1, -0.05) is 70.6 Å². The van der Waals surface area contributed by atoms with Gasteiger partial charge >= 0.3 is 0 Å².